The average molecular weight is 339 g/mol. The van der Waals surface area contributed by atoms with Gasteiger partial charge in [0.15, 0.2) is 5.82 Å². The first-order chi connectivity index (χ1) is 11.2. The molecule has 0 aromatic carbocycles. The number of nitrogens with one attached hydrogen (secondary N) is 4. The molecule has 0 radical (unpaired) electrons. The Balaban J connectivity index is 1.73. The molecule has 2 saturated heterocycles. The Morgan fingerprint density at radius 3 is 3.13 bits per heavy atom. The van der Waals surface area contributed by atoms with Crippen molar-refractivity contribution in [3.8, 4) is 0 Å². The Bertz CT molecular complexity index is 611. The van der Waals surface area contributed by atoms with Gasteiger partial charge >= 0.3 is 0 Å². The van der Waals surface area contributed by atoms with E-state index < -0.39 is 0 Å². The van der Waals surface area contributed by atoms with E-state index in [0.717, 1.165) is 13.0 Å². The van der Waals surface area contributed by atoms with Gasteiger partial charge in [0, 0.05) is 26.1 Å². The predicted molar refractivity (Wildman–Crippen MR) is 88.1 cm³/mol. The molecule has 2 aliphatic rings. The Labute approximate surface area is 139 Å². The second kappa shape index (κ2) is 7.12. The summed E-state index contributed by atoms with van der Waals surface area (Å²) in [6, 6.07) is 0.0119. The van der Waals surface area contributed by atoms with Crippen molar-refractivity contribution in [2.45, 2.75) is 24.7 Å². The number of hydrogen-bond donors (Lipinski definition) is 4. The lowest BCUT2D eigenvalue weighted by Gasteiger charge is -2.19. The van der Waals surface area contributed by atoms with Gasteiger partial charge in [-0.25, -0.2) is 4.98 Å². The van der Waals surface area contributed by atoms with E-state index in [2.05, 4.69) is 25.9 Å². The number of ether oxygens (including phenoxy) is 2. The molecule has 4 N–H and O–H groups in total. The van der Waals surface area contributed by atoms with Gasteiger partial charge in [-0.1, -0.05) is 11.6 Å². The fraction of sp³-hybridized carbons (Fsp3) is 0.500. The zero-order valence-electron chi connectivity index (χ0n) is 12.7. The fourth-order valence-corrected chi connectivity index (χ4v) is 2.84. The van der Waals surface area contributed by atoms with Crippen LogP contribution < -0.4 is 16.0 Å². The van der Waals surface area contributed by atoms with Crippen molar-refractivity contribution in [3.05, 3.63) is 23.1 Å². The molecule has 23 heavy (non-hydrogen) atoms. The Kier molecular flexibility index (Phi) is 4.94. The standard InChI is InChI=1S/C14H19ClN6O2/c1-17-5-8(4-16)19-14-18-6-9(15)13(21-14)20-10-7-23-11-2-3-22-12(10)11/h4-6,10-12,16-17H,2-3,7H2,1H3,(H2,18,19,20,21)/b8-5+,16-4?/t10-,11?,12?/m1/s1. The maximum atomic E-state index is 7.34. The van der Waals surface area contributed by atoms with Crippen LogP contribution in [0.25, 0.3) is 0 Å². The summed E-state index contributed by atoms with van der Waals surface area (Å²) in [5, 5.41) is 16.8. The highest BCUT2D eigenvalue weighted by atomic mass is 35.5. The first-order valence-electron chi connectivity index (χ1n) is 7.38. The molecule has 8 nitrogen and oxygen atoms in total. The van der Waals surface area contributed by atoms with Gasteiger partial charge in [0.2, 0.25) is 5.95 Å². The van der Waals surface area contributed by atoms with Crippen LogP contribution in [-0.4, -0.2) is 54.7 Å². The van der Waals surface area contributed by atoms with Crippen LogP contribution in [-0.2, 0) is 9.47 Å². The van der Waals surface area contributed by atoms with E-state index in [9.17, 15) is 0 Å². The summed E-state index contributed by atoms with van der Waals surface area (Å²) in [4.78, 5) is 8.49. The highest BCUT2D eigenvalue weighted by molar-refractivity contribution is 6.32. The Morgan fingerprint density at radius 2 is 2.35 bits per heavy atom. The molecule has 0 spiro atoms. The number of halogens is 1. The van der Waals surface area contributed by atoms with Gasteiger partial charge in [-0.3, -0.25) is 0 Å². The normalized spacial score (nSPS) is 26.7. The van der Waals surface area contributed by atoms with E-state index in [1.54, 1.807) is 13.2 Å². The number of hydrogen-bond acceptors (Lipinski definition) is 8. The van der Waals surface area contributed by atoms with E-state index >= 15 is 0 Å². The van der Waals surface area contributed by atoms with Crippen LogP contribution in [0.3, 0.4) is 0 Å². The molecular formula is C14H19ClN6O2. The molecule has 2 fully saturated rings. The number of allylic oxidation sites excluding steroid dienone is 1. The largest absolute Gasteiger partial charge is 0.392 e. The van der Waals surface area contributed by atoms with Crippen molar-refractivity contribution in [1.82, 2.24) is 15.3 Å². The lowest BCUT2D eigenvalue weighted by atomic mass is 10.1. The van der Waals surface area contributed by atoms with Crippen LogP contribution in [0.2, 0.25) is 5.02 Å². The van der Waals surface area contributed by atoms with Crippen LogP contribution in [0.4, 0.5) is 11.8 Å². The van der Waals surface area contributed by atoms with Crippen LogP contribution in [0.1, 0.15) is 6.42 Å². The summed E-state index contributed by atoms with van der Waals surface area (Å²) >= 11 is 6.18. The van der Waals surface area contributed by atoms with Gasteiger partial charge in [-0.2, -0.15) is 4.98 Å². The van der Waals surface area contributed by atoms with E-state index in [1.807, 2.05) is 0 Å². The van der Waals surface area contributed by atoms with Crippen molar-refractivity contribution in [1.29, 1.82) is 5.41 Å². The van der Waals surface area contributed by atoms with Crippen molar-refractivity contribution in [3.63, 3.8) is 0 Å². The van der Waals surface area contributed by atoms with Gasteiger partial charge in [0.25, 0.3) is 0 Å². The smallest absolute Gasteiger partial charge is 0.229 e. The second-order valence-corrected chi connectivity index (χ2v) is 5.70. The van der Waals surface area contributed by atoms with Gasteiger partial charge in [0.1, 0.15) is 11.1 Å². The first-order valence-corrected chi connectivity index (χ1v) is 7.76. The number of nitrogens with zero attached hydrogens (tertiary/aromatic N) is 2. The van der Waals surface area contributed by atoms with Crippen LogP contribution in [0.15, 0.2) is 18.1 Å². The second-order valence-electron chi connectivity index (χ2n) is 5.29. The summed E-state index contributed by atoms with van der Waals surface area (Å²) in [6.45, 7) is 1.28. The highest BCUT2D eigenvalue weighted by Crippen LogP contribution is 2.30. The average Bonchev–Trinajstić information content (AvgIpc) is 3.15. The molecule has 2 aliphatic heterocycles. The summed E-state index contributed by atoms with van der Waals surface area (Å²) in [5.74, 6) is 0.868. The Morgan fingerprint density at radius 1 is 1.48 bits per heavy atom. The molecule has 3 heterocycles. The summed E-state index contributed by atoms with van der Waals surface area (Å²) in [7, 11) is 1.75. The quantitative estimate of drug-likeness (QED) is 0.578. The molecule has 2 unspecified atom stereocenters. The zero-order valence-corrected chi connectivity index (χ0v) is 13.4. The van der Waals surface area contributed by atoms with Gasteiger partial charge in [-0.05, 0) is 6.42 Å². The van der Waals surface area contributed by atoms with Crippen molar-refractivity contribution in [2.75, 3.05) is 30.9 Å². The lowest BCUT2D eigenvalue weighted by molar-refractivity contribution is 0.0718. The molecule has 124 valence electrons. The van der Waals surface area contributed by atoms with Crippen LogP contribution >= 0.6 is 11.6 Å². The zero-order chi connectivity index (χ0) is 16.2. The van der Waals surface area contributed by atoms with E-state index in [1.165, 1.54) is 12.4 Å². The third-order valence-corrected chi connectivity index (χ3v) is 4.02. The molecule has 1 aromatic heterocycles. The Hall–Kier alpha value is -1.90. The summed E-state index contributed by atoms with van der Waals surface area (Å²) in [5.41, 5.74) is 0.532. The minimum Gasteiger partial charge on any atom is -0.392 e. The van der Waals surface area contributed by atoms with E-state index in [-0.39, 0.29) is 18.2 Å². The van der Waals surface area contributed by atoms with E-state index in [0.29, 0.717) is 29.1 Å². The molecule has 0 bridgehead atoms. The number of fused-ring (bicyclic) bond motifs is 1. The molecule has 0 amide bonds. The van der Waals surface area contributed by atoms with Gasteiger partial charge < -0.3 is 30.8 Å². The van der Waals surface area contributed by atoms with Crippen molar-refractivity contribution in [2.24, 2.45) is 0 Å². The van der Waals surface area contributed by atoms with Crippen molar-refractivity contribution < 1.29 is 9.47 Å². The number of anilines is 2. The molecule has 0 saturated carbocycles. The molecule has 9 heteroatoms. The monoisotopic (exact) mass is 338 g/mol. The third kappa shape index (κ3) is 3.54. The minimum atomic E-state index is 0.0119. The summed E-state index contributed by atoms with van der Waals surface area (Å²) in [6.07, 6.45) is 5.42. The van der Waals surface area contributed by atoms with E-state index in [4.69, 9.17) is 26.5 Å². The van der Waals surface area contributed by atoms with Crippen LogP contribution in [0.5, 0.6) is 0 Å². The number of rotatable bonds is 6. The summed E-state index contributed by atoms with van der Waals surface area (Å²) < 4.78 is 11.4. The molecule has 3 atom stereocenters. The van der Waals surface area contributed by atoms with Gasteiger partial charge in [0.05, 0.1) is 30.6 Å². The molecular weight excluding hydrogens is 320 g/mol. The maximum Gasteiger partial charge on any atom is 0.229 e. The lowest BCUT2D eigenvalue weighted by Crippen LogP contribution is -2.34. The van der Waals surface area contributed by atoms with Gasteiger partial charge in [-0.15, -0.1) is 0 Å². The molecule has 3 rings (SSSR count). The molecule has 1 aromatic rings. The highest BCUT2D eigenvalue weighted by Gasteiger charge is 2.42. The van der Waals surface area contributed by atoms with Crippen LogP contribution in [0, 0.1) is 5.41 Å². The maximum absolute atomic E-state index is 7.34. The fourth-order valence-electron chi connectivity index (χ4n) is 2.69. The minimum absolute atomic E-state index is 0.0119. The SMILES string of the molecule is CN/C=C(\C=N)Nc1ncc(Cl)c(N[C@@H]2COC3CCOC32)n1. The van der Waals surface area contributed by atoms with Crippen molar-refractivity contribution >= 4 is 29.6 Å². The molecule has 0 aliphatic carbocycles. The predicted octanol–water partition coefficient (Wildman–Crippen LogP) is 1.22. The topological polar surface area (TPSA) is 104 Å². The number of aromatic nitrogens is 2. The first kappa shape index (κ1) is 16.0. The third-order valence-electron chi connectivity index (χ3n) is 3.74.